The SMILES string of the molecule is C[Si](C)(O)O[Si](C)(C)O[Si](C)(C)OCc1cccnc1. The first-order valence-electron chi connectivity index (χ1n) is 6.65. The lowest BCUT2D eigenvalue weighted by atomic mass is 10.3. The molecule has 0 aliphatic carbocycles. The molecule has 0 aliphatic rings. The lowest BCUT2D eigenvalue weighted by Crippen LogP contribution is -2.53. The van der Waals surface area contributed by atoms with Crippen LogP contribution in [0.2, 0.25) is 39.3 Å². The van der Waals surface area contributed by atoms with Crippen LogP contribution in [-0.2, 0) is 19.3 Å². The van der Waals surface area contributed by atoms with Crippen molar-refractivity contribution in [3.63, 3.8) is 0 Å². The van der Waals surface area contributed by atoms with Crippen LogP contribution >= 0.6 is 0 Å². The third kappa shape index (κ3) is 7.43. The Hall–Kier alpha value is -0.359. The molecule has 0 radical (unpaired) electrons. The van der Waals surface area contributed by atoms with Gasteiger partial charge in [0, 0.05) is 12.4 Å². The molecule has 1 rings (SSSR count). The van der Waals surface area contributed by atoms with E-state index in [-0.39, 0.29) is 0 Å². The van der Waals surface area contributed by atoms with Crippen LogP contribution in [0.25, 0.3) is 0 Å². The summed E-state index contributed by atoms with van der Waals surface area (Å²) in [6, 6.07) is 3.86. The molecule has 0 spiro atoms. The van der Waals surface area contributed by atoms with Gasteiger partial charge in [-0.15, -0.1) is 0 Å². The van der Waals surface area contributed by atoms with Gasteiger partial charge >= 0.3 is 25.7 Å². The molecule has 0 saturated heterocycles. The quantitative estimate of drug-likeness (QED) is 0.779. The lowest BCUT2D eigenvalue weighted by Gasteiger charge is -2.35. The van der Waals surface area contributed by atoms with Crippen molar-refractivity contribution in [3.8, 4) is 0 Å². The highest BCUT2D eigenvalue weighted by atomic mass is 28.5. The van der Waals surface area contributed by atoms with Crippen molar-refractivity contribution in [2.75, 3.05) is 0 Å². The molecule has 0 aliphatic heterocycles. The Kier molecular flexibility index (Phi) is 5.84. The summed E-state index contributed by atoms with van der Waals surface area (Å²) in [5.41, 5.74) is 1.02. The number of hydrogen-bond acceptors (Lipinski definition) is 5. The van der Waals surface area contributed by atoms with Crippen molar-refractivity contribution < 1.29 is 17.5 Å². The van der Waals surface area contributed by atoms with Gasteiger partial charge in [-0.3, -0.25) is 4.98 Å². The van der Waals surface area contributed by atoms with E-state index in [1.807, 2.05) is 38.3 Å². The Balaban J connectivity index is 2.56. The topological polar surface area (TPSA) is 60.8 Å². The summed E-state index contributed by atoms with van der Waals surface area (Å²) in [6.45, 7) is 11.9. The minimum atomic E-state index is -2.59. The Bertz CT molecular complexity index is 420. The molecule has 0 bridgehead atoms. The highest BCUT2D eigenvalue weighted by Crippen LogP contribution is 2.20. The standard InChI is InChI=1S/C12H25NO4Si3/c1-18(2,14)16-20(5,6)17-19(3,4)15-11-12-8-7-9-13-10-12/h7-10,14H,11H2,1-6H3. The second kappa shape index (κ2) is 6.60. The van der Waals surface area contributed by atoms with E-state index in [1.54, 1.807) is 25.5 Å². The monoisotopic (exact) mass is 331 g/mol. The highest BCUT2D eigenvalue weighted by molar-refractivity contribution is 6.84. The maximum Gasteiger partial charge on any atom is 0.323 e. The van der Waals surface area contributed by atoms with E-state index >= 15 is 0 Å². The predicted octanol–water partition coefficient (Wildman–Crippen LogP) is 2.73. The van der Waals surface area contributed by atoms with Gasteiger partial charge < -0.3 is 17.5 Å². The van der Waals surface area contributed by atoms with E-state index in [4.69, 9.17) is 12.7 Å². The largest absolute Gasteiger partial charge is 0.416 e. The summed E-state index contributed by atoms with van der Waals surface area (Å²) in [7, 11) is -7.27. The lowest BCUT2D eigenvalue weighted by molar-refractivity contribution is 0.215. The van der Waals surface area contributed by atoms with Crippen molar-refractivity contribution in [3.05, 3.63) is 30.1 Å². The van der Waals surface area contributed by atoms with Crippen molar-refractivity contribution in [2.24, 2.45) is 0 Å². The van der Waals surface area contributed by atoms with Crippen LogP contribution in [0.4, 0.5) is 0 Å². The van der Waals surface area contributed by atoms with Crippen LogP contribution in [0.15, 0.2) is 24.5 Å². The fourth-order valence-electron chi connectivity index (χ4n) is 1.98. The molecular formula is C12H25NO4Si3. The molecule has 5 nitrogen and oxygen atoms in total. The van der Waals surface area contributed by atoms with Crippen LogP contribution in [0.3, 0.4) is 0 Å². The average Bonchev–Trinajstić information content (AvgIpc) is 2.23. The van der Waals surface area contributed by atoms with Crippen LogP contribution in [0, 0.1) is 0 Å². The molecule has 1 N–H and O–H groups in total. The summed E-state index contributed by atoms with van der Waals surface area (Å²) in [5, 5.41) is 0. The zero-order valence-corrected chi connectivity index (χ0v) is 16.1. The van der Waals surface area contributed by atoms with Gasteiger partial charge in [0.2, 0.25) is 0 Å². The average molecular weight is 332 g/mol. The van der Waals surface area contributed by atoms with E-state index in [1.165, 1.54) is 0 Å². The molecule has 0 fully saturated rings. The van der Waals surface area contributed by atoms with Crippen molar-refractivity contribution >= 4 is 25.7 Å². The number of aromatic nitrogens is 1. The molecule has 0 atom stereocenters. The zero-order chi connectivity index (χ0) is 15.4. The molecule has 0 amide bonds. The summed E-state index contributed by atoms with van der Waals surface area (Å²) >= 11 is 0. The van der Waals surface area contributed by atoms with Gasteiger partial charge in [0.05, 0.1) is 6.61 Å². The maximum absolute atomic E-state index is 9.90. The van der Waals surface area contributed by atoms with Gasteiger partial charge in [-0.25, -0.2) is 0 Å². The molecule has 0 aromatic carbocycles. The number of rotatable bonds is 7. The first-order chi connectivity index (χ1) is 8.99. The third-order valence-corrected chi connectivity index (χ3v) is 11.0. The van der Waals surface area contributed by atoms with Crippen molar-refractivity contribution in [1.29, 1.82) is 0 Å². The van der Waals surface area contributed by atoms with E-state index in [0.717, 1.165) is 5.56 Å². The molecule has 8 heteroatoms. The van der Waals surface area contributed by atoms with Crippen molar-refractivity contribution in [2.45, 2.75) is 45.9 Å². The van der Waals surface area contributed by atoms with Crippen LogP contribution in [0.5, 0.6) is 0 Å². The Morgan fingerprint density at radius 1 is 1.05 bits per heavy atom. The maximum atomic E-state index is 9.90. The van der Waals surface area contributed by atoms with Crippen molar-refractivity contribution in [1.82, 2.24) is 4.98 Å². The van der Waals surface area contributed by atoms with Gasteiger partial charge in [0.1, 0.15) is 0 Å². The molecule has 0 unspecified atom stereocenters. The van der Waals surface area contributed by atoms with Gasteiger partial charge in [-0.05, 0) is 50.9 Å². The Morgan fingerprint density at radius 3 is 2.20 bits per heavy atom. The summed E-state index contributed by atoms with van der Waals surface area (Å²) in [5.74, 6) is 0. The highest BCUT2D eigenvalue weighted by Gasteiger charge is 2.40. The van der Waals surface area contributed by atoms with Crippen LogP contribution in [0.1, 0.15) is 5.56 Å². The Morgan fingerprint density at radius 2 is 1.70 bits per heavy atom. The fourth-order valence-corrected chi connectivity index (χ4v) is 12.8. The predicted molar refractivity (Wildman–Crippen MR) is 85.9 cm³/mol. The molecule has 1 aromatic rings. The summed E-state index contributed by atoms with van der Waals surface area (Å²) in [4.78, 5) is 14.0. The smallest absolute Gasteiger partial charge is 0.323 e. The molecule has 114 valence electrons. The first-order valence-corrected chi connectivity index (χ1v) is 15.1. The van der Waals surface area contributed by atoms with Gasteiger partial charge in [0.15, 0.2) is 0 Å². The molecule has 1 aromatic heterocycles. The number of hydrogen-bond donors (Lipinski definition) is 1. The number of pyridine rings is 1. The Labute approximate surface area is 124 Å². The summed E-state index contributed by atoms with van der Waals surface area (Å²) < 4.78 is 17.8. The zero-order valence-electron chi connectivity index (χ0n) is 13.1. The van der Waals surface area contributed by atoms with Gasteiger partial charge in [-0.1, -0.05) is 6.07 Å². The molecule has 20 heavy (non-hydrogen) atoms. The van der Waals surface area contributed by atoms with Crippen LogP contribution in [-0.4, -0.2) is 35.5 Å². The van der Waals surface area contributed by atoms with Gasteiger partial charge in [-0.2, -0.15) is 0 Å². The fraction of sp³-hybridized carbons (Fsp3) is 0.583. The number of nitrogens with zero attached hydrogens (tertiary/aromatic N) is 1. The normalized spacial score (nSPS) is 13.6. The van der Waals surface area contributed by atoms with E-state index in [2.05, 4.69) is 4.98 Å². The minimum Gasteiger partial charge on any atom is -0.416 e. The van der Waals surface area contributed by atoms with Gasteiger partial charge in [0.25, 0.3) is 0 Å². The summed E-state index contributed by atoms with van der Waals surface area (Å²) in [6.07, 6.45) is 3.52. The minimum absolute atomic E-state index is 0.484. The second-order valence-corrected chi connectivity index (χ2v) is 16.5. The molecule has 1 heterocycles. The van der Waals surface area contributed by atoms with E-state index in [9.17, 15) is 4.80 Å². The first kappa shape index (κ1) is 17.7. The molecular weight excluding hydrogens is 306 g/mol. The molecule has 0 saturated carbocycles. The van der Waals surface area contributed by atoms with Crippen LogP contribution < -0.4 is 0 Å². The van der Waals surface area contributed by atoms with E-state index in [0.29, 0.717) is 6.61 Å². The van der Waals surface area contributed by atoms with E-state index < -0.39 is 25.7 Å². The second-order valence-electron chi connectivity index (χ2n) is 6.10. The third-order valence-electron chi connectivity index (χ3n) is 2.30.